The molecule has 4 nitrogen and oxygen atoms in total. The molecule has 0 radical (unpaired) electrons. The minimum absolute atomic E-state index is 0.106. The number of nitrogens with zero attached hydrogens (tertiary/aromatic N) is 2. The van der Waals surface area contributed by atoms with E-state index in [0.29, 0.717) is 11.3 Å². The van der Waals surface area contributed by atoms with Gasteiger partial charge in [0.25, 0.3) is 10.0 Å². The maximum Gasteiger partial charge on any atom is 0.264 e. The molecule has 3 rings (SSSR count). The molecule has 0 heterocycles. The summed E-state index contributed by atoms with van der Waals surface area (Å²) in [6.45, 7) is 2.14. The summed E-state index contributed by atoms with van der Waals surface area (Å²) in [6, 6.07) is 24.9. The number of aryl methyl sites for hydroxylation is 1. The molecule has 0 aliphatic rings. The molecule has 0 unspecified atom stereocenters. The molecule has 0 fully saturated rings. The minimum atomic E-state index is -3.82. The molecule has 0 spiro atoms. The third kappa shape index (κ3) is 3.76. The van der Waals surface area contributed by atoms with E-state index >= 15 is 0 Å². The second kappa shape index (κ2) is 7.42. The Hall–Kier alpha value is -3.10. The summed E-state index contributed by atoms with van der Waals surface area (Å²) in [7, 11) is -3.82. The predicted octanol–water partition coefficient (Wildman–Crippen LogP) is 4.26. The number of sulfonamides is 1. The standard InChI is InChI=1S/C21H18N2O2S/c1-17-7-5-11-20(13-17)23(16-18-8-3-2-4-9-18)26(24,25)21-12-6-10-19(14-21)15-22/h2-14H,16H2,1H3. The highest BCUT2D eigenvalue weighted by molar-refractivity contribution is 7.92. The molecular formula is C21H18N2O2S. The van der Waals surface area contributed by atoms with Crippen molar-refractivity contribution in [1.82, 2.24) is 0 Å². The topological polar surface area (TPSA) is 61.2 Å². The van der Waals surface area contributed by atoms with Crippen LogP contribution in [0.2, 0.25) is 0 Å². The molecule has 130 valence electrons. The average Bonchev–Trinajstić information content (AvgIpc) is 2.67. The van der Waals surface area contributed by atoms with E-state index in [0.717, 1.165) is 11.1 Å². The maximum atomic E-state index is 13.3. The molecule has 0 N–H and O–H groups in total. The molecular weight excluding hydrogens is 344 g/mol. The largest absolute Gasteiger partial charge is 0.264 e. The van der Waals surface area contributed by atoms with Crippen molar-refractivity contribution in [1.29, 1.82) is 5.26 Å². The lowest BCUT2D eigenvalue weighted by atomic mass is 10.2. The predicted molar refractivity (Wildman–Crippen MR) is 102 cm³/mol. The van der Waals surface area contributed by atoms with E-state index in [1.54, 1.807) is 18.2 Å². The Labute approximate surface area is 154 Å². The van der Waals surface area contributed by atoms with Crippen molar-refractivity contribution in [3.63, 3.8) is 0 Å². The van der Waals surface area contributed by atoms with Crippen LogP contribution in [0.1, 0.15) is 16.7 Å². The van der Waals surface area contributed by atoms with Crippen LogP contribution in [0.5, 0.6) is 0 Å². The molecule has 3 aromatic carbocycles. The lowest BCUT2D eigenvalue weighted by Gasteiger charge is -2.25. The molecule has 0 aliphatic heterocycles. The third-order valence-electron chi connectivity index (χ3n) is 4.01. The Kier molecular flexibility index (Phi) is 5.06. The van der Waals surface area contributed by atoms with Gasteiger partial charge in [-0.15, -0.1) is 0 Å². The summed E-state index contributed by atoms with van der Waals surface area (Å²) < 4.78 is 28.0. The third-order valence-corrected chi connectivity index (χ3v) is 5.78. The van der Waals surface area contributed by atoms with Crippen LogP contribution < -0.4 is 4.31 Å². The first-order chi connectivity index (χ1) is 12.5. The van der Waals surface area contributed by atoms with E-state index in [2.05, 4.69) is 0 Å². The zero-order chi connectivity index (χ0) is 18.6. The molecule has 0 aromatic heterocycles. The fourth-order valence-corrected chi connectivity index (χ4v) is 4.19. The highest BCUT2D eigenvalue weighted by Crippen LogP contribution is 2.27. The Morgan fingerprint density at radius 1 is 0.923 bits per heavy atom. The number of hydrogen-bond donors (Lipinski definition) is 0. The summed E-state index contributed by atoms with van der Waals surface area (Å²) in [5.41, 5.74) is 2.77. The number of nitriles is 1. The van der Waals surface area contributed by atoms with Gasteiger partial charge in [0.15, 0.2) is 0 Å². The van der Waals surface area contributed by atoms with E-state index in [4.69, 9.17) is 5.26 Å². The van der Waals surface area contributed by atoms with Crippen LogP contribution in [0, 0.1) is 18.3 Å². The number of anilines is 1. The van der Waals surface area contributed by atoms with Crippen LogP contribution in [0.4, 0.5) is 5.69 Å². The van der Waals surface area contributed by atoms with Crippen LogP contribution in [-0.4, -0.2) is 8.42 Å². The molecule has 0 saturated heterocycles. The van der Waals surface area contributed by atoms with Gasteiger partial charge in [0.2, 0.25) is 0 Å². The molecule has 0 amide bonds. The van der Waals surface area contributed by atoms with Crippen LogP contribution in [0.3, 0.4) is 0 Å². The van der Waals surface area contributed by atoms with Gasteiger partial charge in [-0.3, -0.25) is 4.31 Å². The van der Waals surface area contributed by atoms with Gasteiger partial charge in [0.05, 0.1) is 28.8 Å². The van der Waals surface area contributed by atoms with Crippen molar-refractivity contribution in [2.24, 2.45) is 0 Å². The molecule has 3 aromatic rings. The van der Waals surface area contributed by atoms with E-state index in [1.807, 2.05) is 61.5 Å². The maximum absolute atomic E-state index is 13.3. The smallest absolute Gasteiger partial charge is 0.262 e. The second-order valence-electron chi connectivity index (χ2n) is 5.98. The highest BCUT2D eigenvalue weighted by Gasteiger charge is 2.25. The Morgan fingerprint density at radius 3 is 2.35 bits per heavy atom. The van der Waals surface area contributed by atoms with E-state index in [9.17, 15) is 8.42 Å². The number of benzene rings is 3. The molecule has 0 saturated carbocycles. The van der Waals surface area contributed by atoms with E-state index in [1.165, 1.54) is 16.4 Å². The Bertz CT molecular complexity index is 1050. The Balaban J connectivity index is 2.11. The first kappa shape index (κ1) is 17.7. The summed E-state index contributed by atoms with van der Waals surface area (Å²) >= 11 is 0. The van der Waals surface area contributed by atoms with Crippen molar-refractivity contribution < 1.29 is 8.42 Å². The van der Waals surface area contributed by atoms with Gasteiger partial charge in [-0.2, -0.15) is 5.26 Å². The zero-order valence-electron chi connectivity index (χ0n) is 14.3. The average molecular weight is 362 g/mol. The summed E-state index contributed by atoms with van der Waals surface area (Å²) in [4.78, 5) is 0.106. The van der Waals surface area contributed by atoms with Gasteiger partial charge < -0.3 is 0 Å². The van der Waals surface area contributed by atoms with Gasteiger partial charge in [-0.25, -0.2) is 8.42 Å². The van der Waals surface area contributed by atoms with Crippen molar-refractivity contribution in [2.45, 2.75) is 18.4 Å². The fourth-order valence-electron chi connectivity index (χ4n) is 2.70. The van der Waals surface area contributed by atoms with E-state index < -0.39 is 10.0 Å². The van der Waals surface area contributed by atoms with Crippen LogP contribution >= 0.6 is 0 Å². The van der Waals surface area contributed by atoms with Crippen LogP contribution in [-0.2, 0) is 16.6 Å². The van der Waals surface area contributed by atoms with Gasteiger partial charge >= 0.3 is 0 Å². The molecule has 0 aliphatic carbocycles. The number of rotatable bonds is 5. The van der Waals surface area contributed by atoms with E-state index in [-0.39, 0.29) is 11.4 Å². The molecule has 26 heavy (non-hydrogen) atoms. The SMILES string of the molecule is Cc1cccc(N(Cc2ccccc2)S(=O)(=O)c2cccc(C#N)c2)c1. The number of hydrogen-bond acceptors (Lipinski definition) is 3. The summed E-state index contributed by atoms with van der Waals surface area (Å²) in [5, 5.41) is 9.10. The summed E-state index contributed by atoms with van der Waals surface area (Å²) in [6.07, 6.45) is 0. The quantitative estimate of drug-likeness (QED) is 0.681. The second-order valence-corrected chi connectivity index (χ2v) is 7.84. The van der Waals surface area contributed by atoms with Gasteiger partial charge in [-0.1, -0.05) is 48.5 Å². The van der Waals surface area contributed by atoms with Gasteiger partial charge in [0, 0.05) is 0 Å². The zero-order valence-corrected chi connectivity index (χ0v) is 15.1. The van der Waals surface area contributed by atoms with Crippen molar-refractivity contribution >= 4 is 15.7 Å². The monoisotopic (exact) mass is 362 g/mol. The minimum Gasteiger partial charge on any atom is -0.262 e. The lowest BCUT2D eigenvalue weighted by Crippen LogP contribution is -2.30. The highest BCUT2D eigenvalue weighted by atomic mass is 32.2. The van der Waals surface area contributed by atoms with Gasteiger partial charge in [0.1, 0.15) is 0 Å². The van der Waals surface area contributed by atoms with Crippen molar-refractivity contribution in [3.8, 4) is 6.07 Å². The molecule has 0 atom stereocenters. The summed E-state index contributed by atoms with van der Waals surface area (Å²) in [5.74, 6) is 0. The molecule has 0 bridgehead atoms. The first-order valence-corrected chi connectivity index (χ1v) is 9.58. The van der Waals surface area contributed by atoms with Gasteiger partial charge in [-0.05, 0) is 48.4 Å². The van der Waals surface area contributed by atoms with Crippen LogP contribution in [0.25, 0.3) is 0 Å². The lowest BCUT2D eigenvalue weighted by molar-refractivity contribution is 0.590. The first-order valence-electron chi connectivity index (χ1n) is 8.14. The fraction of sp³-hybridized carbons (Fsp3) is 0.0952. The van der Waals surface area contributed by atoms with Crippen LogP contribution in [0.15, 0.2) is 83.8 Å². The normalized spacial score (nSPS) is 10.9. The Morgan fingerprint density at radius 2 is 1.65 bits per heavy atom. The molecule has 5 heteroatoms. The van der Waals surface area contributed by atoms with Crippen molar-refractivity contribution in [2.75, 3.05) is 4.31 Å². The van der Waals surface area contributed by atoms with Crippen molar-refractivity contribution in [3.05, 3.63) is 95.6 Å².